The minimum atomic E-state index is -0.758. The molecule has 0 bridgehead atoms. The summed E-state index contributed by atoms with van der Waals surface area (Å²) in [6, 6.07) is 7.00. The molecule has 1 atom stereocenters. The molecule has 0 aliphatic carbocycles. The van der Waals surface area contributed by atoms with Crippen LogP contribution in [0.5, 0.6) is 0 Å². The maximum atomic E-state index is 14.0. The quantitative estimate of drug-likeness (QED) is 0.857. The summed E-state index contributed by atoms with van der Waals surface area (Å²) in [4.78, 5) is 0. The predicted molar refractivity (Wildman–Crippen MR) is 76.0 cm³/mol. The van der Waals surface area contributed by atoms with Crippen LogP contribution >= 0.6 is 15.9 Å². The first-order chi connectivity index (χ1) is 9.54. The molecule has 20 heavy (non-hydrogen) atoms. The molecule has 2 rings (SSSR count). The number of hydrogen-bond acceptors (Lipinski definition) is 1. The van der Waals surface area contributed by atoms with Crippen LogP contribution in [0.2, 0.25) is 0 Å². The second-order valence-corrected chi connectivity index (χ2v) is 5.15. The van der Waals surface area contributed by atoms with Gasteiger partial charge in [-0.3, -0.25) is 0 Å². The summed E-state index contributed by atoms with van der Waals surface area (Å²) < 4.78 is 41.9. The molecule has 0 saturated heterocycles. The van der Waals surface area contributed by atoms with Crippen LogP contribution in [-0.2, 0) is 0 Å². The Bertz CT molecular complexity index is 596. The molecule has 0 saturated carbocycles. The first-order valence-electron chi connectivity index (χ1n) is 6.16. The third-order valence-electron chi connectivity index (χ3n) is 2.97. The van der Waals surface area contributed by atoms with Crippen molar-refractivity contribution in [1.82, 2.24) is 5.32 Å². The van der Waals surface area contributed by atoms with Crippen molar-refractivity contribution in [2.24, 2.45) is 0 Å². The molecule has 0 radical (unpaired) electrons. The molecule has 2 aromatic rings. The summed E-state index contributed by atoms with van der Waals surface area (Å²) >= 11 is 3.30. The zero-order valence-electron chi connectivity index (χ0n) is 10.8. The van der Waals surface area contributed by atoms with Crippen LogP contribution in [0.15, 0.2) is 40.9 Å². The van der Waals surface area contributed by atoms with Gasteiger partial charge in [0, 0.05) is 10.0 Å². The van der Waals surface area contributed by atoms with Gasteiger partial charge in [-0.05, 0) is 42.4 Å². The van der Waals surface area contributed by atoms with Crippen LogP contribution in [0.1, 0.15) is 24.1 Å². The number of hydrogen-bond donors (Lipinski definition) is 1. The highest BCUT2D eigenvalue weighted by molar-refractivity contribution is 9.10. The Morgan fingerprint density at radius 2 is 1.75 bits per heavy atom. The van der Waals surface area contributed by atoms with E-state index in [0.717, 1.165) is 0 Å². The van der Waals surface area contributed by atoms with E-state index in [0.29, 0.717) is 16.6 Å². The van der Waals surface area contributed by atoms with Crippen molar-refractivity contribution in [3.63, 3.8) is 0 Å². The Morgan fingerprint density at radius 3 is 2.35 bits per heavy atom. The summed E-state index contributed by atoms with van der Waals surface area (Å²) in [7, 11) is 0. The zero-order chi connectivity index (χ0) is 14.7. The van der Waals surface area contributed by atoms with Gasteiger partial charge in [-0.15, -0.1) is 0 Å². The largest absolute Gasteiger partial charge is 0.306 e. The molecular formula is C15H13BrF3N. The molecule has 1 nitrogen and oxygen atoms in total. The maximum Gasteiger partial charge on any atom is 0.131 e. The van der Waals surface area contributed by atoms with E-state index in [1.807, 2.05) is 6.92 Å². The van der Waals surface area contributed by atoms with Crippen LogP contribution in [0.25, 0.3) is 0 Å². The van der Waals surface area contributed by atoms with E-state index in [1.54, 1.807) is 0 Å². The molecule has 0 aromatic heterocycles. The Hall–Kier alpha value is -1.33. The van der Waals surface area contributed by atoms with Gasteiger partial charge in [0.2, 0.25) is 0 Å². The highest BCUT2D eigenvalue weighted by Gasteiger charge is 2.23. The van der Waals surface area contributed by atoms with Gasteiger partial charge in [0.25, 0.3) is 0 Å². The average Bonchev–Trinajstić information content (AvgIpc) is 2.40. The van der Waals surface area contributed by atoms with E-state index >= 15 is 0 Å². The molecule has 2 aromatic carbocycles. The number of benzene rings is 2. The van der Waals surface area contributed by atoms with E-state index in [-0.39, 0.29) is 5.56 Å². The molecule has 106 valence electrons. The molecule has 5 heteroatoms. The highest BCUT2D eigenvalue weighted by atomic mass is 79.9. The Labute approximate surface area is 123 Å². The van der Waals surface area contributed by atoms with Gasteiger partial charge in [-0.1, -0.05) is 28.9 Å². The topological polar surface area (TPSA) is 12.0 Å². The van der Waals surface area contributed by atoms with E-state index < -0.39 is 23.5 Å². The SMILES string of the molecule is CCNC(c1cc(F)ccc1Br)c1c(F)cccc1F. The van der Waals surface area contributed by atoms with Crippen LogP contribution in [0.4, 0.5) is 13.2 Å². The molecule has 0 fully saturated rings. The average molecular weight is 344 g/mol. The van der Waals surface area contributed by atoms with Crippen molar-refractivity contribution in [3.8, 4) is 0 Å². The minimum absolute atomic E-state index is 0.111. The first kappa shape index (κ1) is 15.1. The maximum absolute atomic E-state index is 14.0. The van der Waals surface area contributed by atoms with Crippen LogP contribution in [0.3, 0.4) is 0 Å². The van der Waals surface area contributed by atoms with Gasteiger partial charge in [0.15, 0.2) is 0 Å². The fraction of sp³-hybridized carbons (Fsp3) is 0.200. The normalized spacial score (nSPS) is 12.4. The van der Waals surface area contributed by atoms with E-state index in [9.17, 15) is 13.2 Å². The zero-order valence-corrected chi connectivity index (χ0v) is 12.3. The van der Waals surface area contributed by atoms with E-state index in [2.05, 4.69) is 21.2 Å². The summed E-state index contributed by atoms with van der Waals surface area (Å²) in [5.41, 5.74) is 0.344. The predicted octanol–water partition coefficient (Wildman–Crippen LogP) is 4.57. The fourth-order valence-corrected chi connectivity index (χ4v) is 2.57. The summed E-state index contributed by atoms with van der Waals surface area (Å²) in [6.45, 7) is 2.31. The lowest BCUT2D eigenvalue weighted by Crippen LogP contribution is -2.24. The standard InChI is InChI=1S/C15H13BrF3N/c1-2-20-15(10-8-9(17)6-7-11(10)16)14-12(18)4-3-5-13(14)19/h3-8,15,20H,2H2,1H3. The molecule has 1 unspecified atom stereocenters. The monoisotopic (exact) mass is 343 g/mol. The second kappa shape index (κ2) is 6.41. The number of rotatable bonds is 4. The lowest BCUT2D eigenvalue weighted by molar-refractivity contribution is 0.507. The van der Waals surface area contributed by atoms with Crippen LogP contribution in [0, 0.1) is 17.5 Å². The van der Waals surface area contributed by atoms with Crippen LogP contribution in [-0.4, -0.2) is 6.54 Å². The van der Waals surface area contributed by atoms with Crippen LogP contribution < -0.4 is 5.32 Å². The number of halogens is 4. The van der Waals surface area contributed by atoms with Gasteiger partial charge in [-0.25, -0.2) is 13.2 Å². The third-order valence-corrected chi connectivity index (χ3v) is 3.69. The van der Waals surface area contributed by atoms with Gasteiger partial charge in [0.05, 0.1) is 6.04 Å². The molecule has 0 amide bonds. The molecule has 0 aliphatic heterocycles. The lowest BCUT2D eigenvalue weighted by Gasteiger charge is -2.21. The van der Waals surface area contributed by atoms with E-state index in [4.69, 9.17) is 0 Å². The van der Waals surface area contributed by atoms with Gasteiger partial charge in [0.1, 0.15) is 17.5 Å². The smallest absolute Gasteiger partial charge is 0.131 e. The Balaban J connectivity index is 2.59. The second-order valence-electron chi connectivity index (χ2n) is 4.29. The summed E-state index contributed by atoms with van der Waals surface area (Å²) in [6.07, 6.45) is 0. The minimum Gasteiger partial charge on any atom is -0.306 e. The van der Waals surface area contributed by atoms with Crippen molar-refractivity contribution < 1.29 is 13.2 Å². The van der Waals surface area contributed by atoms with Crippen molar-refractivity contribution in [2.45, 2.75) is 13.0 Å². The van der Waals surface area contributed by atoms with Gasteiger partial charge < -0.3 is 5.32 Å². The molecule has 0 aliphatic rings. The Kier molecular flexibility index (Phi) is 4.83. The molecule has 0 heterocycles. The molecule has 1 N–H and O–H groups in total. The summed E-state index contributed by atoms with van der Waals surface area (Å²) in [5.74, 6) is -1.78. The number of nitrogens with one attached hydrogen (secondary N) is 1. The van der Waals surface area contributed by atoms with E-state index in [1.165, 1.54) is 36.4 Å². The summed E-state index contributed by atoms with van der Waals surface area (Å²) in [5, 5.41) is 2.99. The van der Waals surface area contributed by atoms with Crippen molar-refractivity contribution in [3.05, 3.63) is 69.4 Å². The molecule has 0 spiro atoms. The van der Waals surface area contributed by atoms with Crippen molar-refractivity contribution in [1.29, 1.82) is 0 Å². The van der Waals surface area contributed by atoms with Crippen molar-refractivity contribution >= 4 is 15.9 Å². The third kappa shape index (κ3) is 3.04. The first-order valence-corrected chi connectivity index (χ1v) is 6.96. The van der Waals surface area contributed by atoms with Gasteiger partial charge >= 0.3 is 0 Å². The highest BCUT2D eigenvalue weighted by Crippen LogP contribution is 2.32. The van der Waals surface area contributed by atoms with Crippen molar-refractivity contribution in [2.75, 3.05) is 6.54 Å². The molecular weight excluding hydrogens is 331 g/mol. The fourth-order valence-electron chi connectivity index (χ4n) is 2.09. The Morgan fingerprint density at radius 1 is 1.10 bits per heavy atom. The lowest BCUT2D eigenvalue weighted by atomic mass is 9.97. The van der Waals surface area contributed by atoms with Gasteiger partial charge in [-0.2, -0.15) is 0 Å².